The van der Waals surface area contributed by atoms with E-state index in [0.29, 0.717) is 11.5 Å². The van der Waals surface area contributed by atoms with Gasteiger partial charge in [-0.15, -0.1) is 10.2 Å². The lowest BCUT2D eigenvalue weighted by atomic mass is 10.2. The number of nitrogens with zero attached hydrogens (tertiary/aromatic N) is 4. The fourth-order valence-electron chi connectivity index (χ4n) is 2.73. The first-order valence-electron chi connectivity index (χ1n) is 8.56. The molecule has 140 valence electrons. The van der Waals surface area contributed by atoms with Crippen molar-refractivity contribution in [2.24, 2.45) is 0 Å². The third-order valence-electron chi connectivity index (χ3n) is 4.13. The summed E-state index contributed by atoms with van der Waals surface area (Å²) in [5, 5.41) is 8.26. The molecule has 0 spiro atoms. The van der Waals surface area contributed by atoms with Gasteiger partial charge in [0.05, 0.1) is 10.6 Å². The van der Waals surface area contributed by atoms with Gasteiger partial charge in [-0.25, -0.2) is 13.1 Å². The molecule has 28 heavy (non-hydrogen) atoms. The monoisotopic (exact) mass is 391 g/mol. The summed E-state index contributed by atoms with van der Waals surface area (Å²) < 4.78 is 29.8. The number of pyridine rings is 1. The minimum Gasteiger partial charge on any atom is -0.259 e. The average Bonchev–Trinajstić information content (AvgIpc) is 3.12. The van der Waals surface area contributed by atoms with E-state index in [9.17, 15) is 8.42 Å². The van der Waals surface area contributed by atoms with E-state index in [4.69, 9.17) is 0 Å². The Balaban J connectivity index is 1.82. The Kier molecular flexibility index (Phi) is 4.62. The lowest BCUT2D eigenvalue weighted by Gasteiger charge is -2.12. The third-order valence-corrected chi connectivity index (χ3v) is 5.47. The number of sulfonamides is 1. The molecule has 1 N–H and O–H groups in total. The van der Waals surface area contributed by atoms with E-state index < -0.39 is 10.0 Å². The van der Waals surface area contributed by atoms with E-state index in [2.05, 4.69) is 19.9 Å². The standard InChI is InChI=1S/C20H17N5O2S/c1-15-10-12-17(13-11-15)28(26,27)24-20-23-22-19(18-9-5-6-14-21-18)25(20)16-7-3-2-4-8-16/h2-14H,1H3,(H,23,24). The molecule has 4 rings (SSSR count). The van der Waals surface area contributed by atoms with Gasteiger partial charge in [-0.3, -0.25) is 9.55 Å². The molecule has 2 aromatic heterocycles. The summed E-state index contributed by atoms with van der Waals surface area (Å²) in [7, 11) is -3.82. The molecule has 0 aliphatic rings. The zero-order valence-corrected chi connectivity index (χ0v) is 15.8. The number of hydrogen-bond donors (Lipinski definition) is 1. The Morgan fingerprint density at radius 3 is 2.25 bits per heavy atom. The first kappa shape index (κ1) is 17.9. The second kappa shape index (κ2) is 7.24. The first-order valence-corrected chi connectivity index (χ1v) is 10.0. The molecular formula is C20H17N5O2S. The fraction of sp³-hybridized carbons (Fsp3) is 0.0500. The quantitative estimate of drug-likeness (QED) is 0.563. The molecule has 0 radical (unpaired) electrons. The van der Waals surface area contributed by atoms with Gasteiger partial charge in [0.2, 0.25) is 5.95 Å². The predicted octanol–water partition coefficient (Wildman–Crippen LogP) is 3.44. The van der Waals surface area contributed by atoms with Gasteiger partial charge in [0.15, 0.2) is 5.82 Å². The van der Waals surface area contributed by atoms with Gasteiger partial charge in [0.1, 0.15) is 5.69 Å². The number of anilines is 1. The molecule has 2 aromatic carbocycles. The van der Waals surface area contributed by atoms with Crippen LogP contribution >= 0.6 is 0 Å². The average molecular weight is 391 g/mol. The number of nitrogens with one attached hydrogen (secondary N) is 1. The number of benzene rings is 2. The molecule has 0 saturated heterocycles. The minimum atomic E-state index is -3.82. The zero-order chi connectivity index (χ0) is 19.6. The Bertz CT molecular complexity index is 1190. The van der Waals surface area contributed by atoms with Crippen molar-refractivity contribution >= 4 is 16.0 Å². The number of rotatable bonds is 5. The minimum absolute atomic E-state index is 0.0902. The highest BCUT2D eigenvalue weighted by molar-refractivity contribution is 7.92. The summed E-state index contributed by atoms with van der Waals surface area (Å²) in [4.78, 5) is 4.47. The Labute approximate surface area is 162 Å². The van der Waals surface area contributed by atoms with E-state index in [1.807, 2.05) is 43.3 Å². The van der Waals surface area contributed by atoms with Crippen LogP contribution in [0.15, 0.2) is 83.9 Å². The van der Waals surface area contributed by atoms with Crippen molar-refractivity contribution in [3.63, 3.8) is 0 Å². The van der Waals surface area contributed by atoms with Crippen LogP contribution in [-0.2, 0) is 10.0 Å². The molecular weight excluding hydrogens is 374 g/mol. The number of aromatic nitrogens is 4. The Morgan fingerprint density at radius 1 is 0.857 bits per heavy atom. The van der Waals surface area contributed by atoms with Crippen molar-refractivity contribution in [3.8, 4) is 17.2 Å². The third kappa shape index (κ3) is 3.49. The maximum absolute atomic E-state index is 12.8. The van der Waals surface area contributed by atoms with E-state index >= 15 is 0 Å². The number of para-hydroxylation sites is 1. The summed E-state index contributed by atoms with van der Waals surface area (Å²) in [6.07, 6.45) is 1.65. The van der Waals surface area contributed by atoms with Crippen molar-refractivity contribution < 1.29 is 8.42 Å². The van der Waals surface area contributed by atoms with Gasteiger partial charge >= 0.3 is 0 Å². The highest BCUT2D eigenvalue weighted by Gasteiger charge is 2.22. The highest BCUT2D eigenvalue weighted by atomic mass is 32.2. The van der Waals surface area contributed by atoms with Crippen LogP contribution in [-0.4, -0.2) is 28.2 Å². The second-order valence-electron chi connectivity index (χ2n) is 6.15. The van der Waals surface area contributed by atoms with E-state index in [1.54, 1.807) is 47.2 Å². The maximum atomic E-state index is 12.8. The van der Waals surface area contributed by atoms with Crippen LogP contribution in [0, 0.1) is 6.92 Å². The molecule has 7 nitrogen and oxygen atoms in total. The maximum Gasteiger partial charge on any atom is 0.264 e. The Hall–Kier alpha value is -3.52. The van der Waals surface area contributed by atoms with Crippen molar-refractivity contribution in [2.75, 3.05) is 4.72 Å². The van der Waals surface area contributed by atoms with Crippen molar-refractivity contribution in [1.82, 2.24) is 19.7 Å². The molecule has 0 atom stereocenters. The molecule has 0 aliphatic heterocycles. The van der Waals surface area contributed by atoms with Crippen LogP contribution in [0.3, 0.4) is 0 Å². The molecule has 2 heterocycles. The van der Waals surface area contributed by atoms with Gasteiger partial charge in [-0.2, -0.15) is 0 Å². The zero-order valence-electron chi connectivity index (χ0n) is 15.0. The summed E-state index contributed by atoms with van der Waals surface area (Å²) in [6, 6.07) is 21.3. The predicted molar refractivity (Wildman–Crippen MR) is 107 cm³/mol. The van der Waals surface area contributed by atoms with Crippen LogP contribution in [0.4, 0.5) is 5.95 Å². The first-order chi connectivity index (χ1) is 13.5. The van der Waals surface area contributed by atoms with Gasteiger partial charge in [0.25, 0.3) is 10.0 Å². The molecule has 0 aliphatic carbocycles. The smallest absolute Gasteiger partial charge is 0.259 e. The summed E-state index contributed by atoms with van der Waals surface area (Å²) in [6.45, 7) is 1.90. The van der Waals surface area contributed by atoms with Gasteiger partial charge in [0, 0.05) is 6.20 Å². The lowest BCUT2D eigenvalue weighted by Crippen LogP contribution is -2.16. The van der Waals surface area contributed by atoms with Crippen molar-refractivity contribution in [2.45, 2.75) is 11.8 Å². The number of hydrogen-bond acceptors (Lipinski definition) is 5. The van der Waals surface area contributed by atoms with E-state index in [-0.39, 0.29) is 10.8 Å². The van der Waals surface area contributed by atoms with Crippen molar-refractivity contribution in [1.29, 1.82) is 0 Å². The van der Waals surface area contributed by atoms with Gasteiger partial charge in [-0.1, -0.05) is 42.0 Å². The molecule has 0 fully saturated rings. The largest absolute Gasteiger partial charge is 0.264 e. The lowest BCUT2D eigenvalue weighted by molar-refractivity contribution is 0.600. The summed E-state index contributed by atoms with van der Waals surface area (Å²) in [5.41, 5.74) is 2.28. The van der Waals surface area contributed by atoms with Crippen LogP contribution in [0.25, 0.3) is 17.2 Å². The molecule has 0 amide bonds. The number of aryl methyl sites for hydroxylation is 1. The molecule has 0 unspecified atom stereocenters. The summed E-state index contributed by atoms with van der Waals surface area (Å²) >= 11 is 0. The van der Waals surface area contributed by atoms with Gasteiger partial charge in [-0.05, 0) is 43.3 Å². The van der Waals surface area contributed by atoms with Gasteiger partial charge < -0.3 is 0 Å². The molecule has 8 heteroatoms. The van der Waals surface area contributed by atoms with Crippen LogP contribution in [0.5, 0.6) is 0 Å². The highest BCUT2D eigenvalue weighted by Crippen LogP contribution is 2.25. The SMILES string of the molecule is Cc1ccc(S(=O)(=O)Nc2nnc(-c3ccccn3)n2-c2ccccc2)cc1. The van der Waals surface area contributed by atoms with Crippen LogP contribution < -0.4 is 4.72 Å². The van der Waals surface area contributed by atoms with Crippen molar-refractivity contribution in [3.05, 3.63) is 84.6 Å². The van der Waals surface area contributed by atoms with Crippen LogP contribution in [0.2, 0.25) is 0 Å². The molecule has 0 saturated carbocycles. The van der Waals surface area contributed by atoms with E-state index in [0.717, 1.165) is 11.3 Å². The molecule has 4 aromatic rings. The topological polar surface area (TPSA) is 89.8 Å². The Morgan fingerprint density at radius 2 is 1.57 bits per heavy atom. The normalized spacial score (nSPS) is 11.3. The second-order valence-corrected chi connectivity index (χ2v) is 7.83. The molecule has 0 bridgehead atoms. The summed E-state index contributed by atoms with van der Waals surface area (Å²) in [5.74, 6) is 0.529. The fourth-order valence-corrected chi connectivity index (χ4v) is 3.71. The van der Waals surface area contributed by atoms with E-state index in [1.165, 1.54) is 0 Å². The van der Waals surface area contributed by atoms with Crippen LogP contribution in [0.1, 0.15) is 5.56 Å².